The van der Waals surface area contributed by atoms with Crippen LogP contribution in [0.2, 0.25) is 5.02 Å². The third-order valence-electron chi connectivity index (χ3n) is 4.20. The lowest BCUT2D eigenvalue weighted by atomic mass is 10.1. The van der Waals surface area contributed by atoms with Crippen molar-refractivity contribution in [2.75, 3.05) is 26.2 Å². The number of amides is 2. The molecule has 0 aliphatic carbocycles. The summed E-state index contributed by atoms with van der Waals surface area (Å²) < 4.78 is 16.0. The molecule has 7 nitrogen and oxygen atoms in total. The largest absolute Gasteiger partial charge is 0.493 e. The van der Waals surface area contributed by atoms with E-state index < -0.39 is 11.8 Å². The predicted octanol–water partition coefficient (Wildman–Crippen LogP) is 3.20. The Kier molecular flexibility index (Phi) is 6.05. The molecule has 1 aliphatic rings. The summed E-state index contributed by atoms with van der Waals surface area (Å²) in [5.74, 6) is -0.0849. The van der Waals surface area contributed by atoms with Crippen LogP contribution in [0.3, 0.4) is 0 Å². The Morgan fingerprint density at radius 1 is 1.03 bits per heavy atom. The third-order valence-corrected chi connectivity index (χ3v) is 4.72. The second kappa shape index (κ2) is 8.50. The monoisotopic (exact) mass is 432 g/mol. The highest BCUT2D eigenvalue weighted by molar-refractivity contribution is 7.80. The van der Waals surface area contributed by atoms with E-state index in [-0.39, 0.29) is 10.7 Å². The van der Waals surface area contributed by atoms with E-state index in [4.69, 9.17) is 38.0 Å². The van der Waals surface area contributed by atoms with Gasteiger partial charge in [-0.05, 0) is 48.6 Å². The Morgan fingerprint density at radius 2 is 1.76 bits per heavy atom. The molecule has 1 saturated heterocycles. The van der Waals surface area contributed by atoms with Gasteiger partial charge in [0.1, 0.15) is 5.57 Å². The van der Waals surface area contributed by atoms with E-state index in [0.29, 0.717) is 33.5 Å². The molecular weight excluding hydrogens is 416 g/mol. The first-order valence-corrected chi connectivity index (χ1v) is 9.15. The van der Waals surface area contributed by atoms with Crippen LogP contribution in [0.4, 0.5) is 5.69 Å². The zero-order valence-corrected chi connectivity index (χ0v) is 17.4. The van der Waals surface area contributed by atoms with Crippen molar-refractivity contribution in [3.63, 3.8) is 0 Å². The SMILES string of the molecule is COc1ccc(C=C2C(=O)NC(=S)N(c3cccc(Cl)c3)C2=O)c(OC)c1OC. The molecule has 1 aliphatic heterocycles. The van der Waals surface area contributed by atoms with E-state index in [0.717, 1.165) is 0 Å². The molecular formula is C20H17ClN2O5S. The molecule has 9 heteroatoms. The summed E-state index contributed by atoms with van der Waals surface area (Å²) in [4.78, 5) is 26.8. The second-order valence-corrected chi connectivity index (χ2v) is 6.68. The summed E-state index contributed by atoms with van der Waals surface area (Å²) in [5, 5.41) is 2.93. The van der Waals surface area contributed by atoms with Crippen LogP contribution in [0.25, 0.3) is 6.08 Å². The number of hydrogen-bond acceptors (Lipinski definition) is 6. The first-order valence-electron chi connectivity index (χ1n) is 8.37. The molecule has 0 radical (unpaired) electrons. The first kappa shape index (κ1) is 20.6. The number of anilines is 1. The number of nitrogens with zero attached hydrogens (tertiary/aromatic N) is 1. The molecule has 1 fully saturated rings. The van der Waals surface area contributed by atoms with Crippen molar-refractivity contribution in [3.05, 3.63) is 52.6 Å². The Hall–Kier alpha value is -3.10. The zero-order chi connectivity index (χ0) is 21.1. The fourth-order valence-electron chi connectivity index (χ4n) is 2.90. The highest BCUT2D eigenvalue weighted by Crippen LogP contribution is 2.40. The number of nitrogens with one attached hydrogen (secondary N) is 1. The number of hydrogen-bond donors (Lipinski definition) is 1. The molecule has 1 N–H and O–H groups in total. The molecule has 2 aromatic rings. The Morgan fingerprint density at radius 3 is 2.38 bits per heavy atom. The van der Waals surface area contributed by atoms with Crippen molar-refractivity contribution in [2.24, 2.45) is 0 Å². The summed E-state index contributed by atoms with van der Waals surface area (Å²) in [6.45, 7) is 0. The fraction of sp³-hybridized carbons (Fsp3) is 0.150. The molecule has 3 rings (SSSR count). The predicted molar refractivity (Wildman–Crippen MR) is 114 cm³/mol. The lowest BCUT2D eigenvalue weighted by Crippen LogP contribution is -2.54. The van der Waals surface area contributed by atoms with Gasteiger partial charge in [-0.25, -0.2) is 0 Å². The number of ether oxygens (including phenoxy) is 3. The van der Waals surface area contributed by atoms with E-state index in [9.17, 15) is 9.59 Å². The minimum atomic E-state index is -0.616. The summed E-state index contributed by atoms with van der Waals surface area (Å²) in [7, 11) is 4.42. The molecule has 150 valence electrons. The maximum atomic E-state index is 13.1. The van der Waals surface area contributed by atoms with Gasteiger partial charge in [-0.3, -0.25) is 19.8 Å². The number of carbonyl (C=O) groups is 2. The average Bonchev–Trinajstić information content (AvgIpc) is 2.70. The average molecular weight is 433 g/mol. The number of carbonyl (C=O) groups excluding carboxylic acids is 2. The Labute approximate surface area is 177 Å². The van der Waals surface area contributed by atoms with Gasteiger partial charge in [0.25, 0.3) is 11.8 Å². The van der Waals surface area contributed by atoms with Crippen LogP contribution in [0.5, 0.6) is 17.2 Å². The summed E-state index contributed by atoms with van der Waals surface area (Å²) in [6.07, 6.45) is 1.41. The van der Waals surface area contributed by atoms with Crippen LogP contribution in [0.15, 0.2) is 42.0 Å². The van der Waals surface area contributed by atoms with E-state index in [1.165, 1.54) is 32.3 Å². The topological polar surface area (TPSA) is 77.1 Å². The number of halogens is 1. The molecule has 2 amide bonds. The quantitative estimate of drug-likeness (QED) is 0.444. The van der Waals surface area contributed by atoms with Gasteiger partial charge in [-0.1, -0.05) is 17.7 Å². The van der Waals surface area contributed by atoms with Crippen LogP contribution in [0, 0.1) is 0 Å². The minimum absolute atomic E-state index is 0.0290. The van der Waals surface area contributed by atoms with Crippen LogP contribution in [0.1, 0.15) is 5.56 Å². The summed E-state index contributed by atoms with van der Waals surface area (Å²) in [6, 6.07) is 9.92. The number of thiocarbonyl (C=S) groups is 1. The van der Waals surface area contributed by atoms with Crippen LogP contribution in [-0.4, -0.2) is 38.3 Å². The molecule has 1 heterocycles. The van der Waals surface area contributed by atoms with Crippen molar-refractivity contribution in [3.8, 4) is 17.2 Å². The number of benzene rings is 2. The number of methoxy groups -OCH3 is 3. The smallest absolute Gasteiger partial charge is 0.270 e. The standard InChI is InChI=1S/C20H17ClN2O5S/c1-26-15-8-7-11(16(27-2)17(15)28-3)9-14-18(24)22-20(29)23(19(14)25)13-6-4-5-12(21)10-13/h4-10H,1-3H3,(H,22,24,29). The van der Waals surface area contributed by atoms with E-state index in [1.807, 2.05) is 0 Å². The maximum Gasteiger partial charge on any atom is 0.270 e. The van der Waals surface area contributed by atoms with E-state index in [2.05, 4.69) is 5.32 Å². The normalized spacial score (nSPS) is 15.4. The Bertz CT molecular complexity index is 1040. The van der Waals surface area contributed by atoms with E-state index in [1.54, 1.807) is 36.4 Å². The first-order chi connectivity index (χ1) is 13.9. The molecule has 0 aromatic heterocycles. The molecule has 2 aromatic carbocycles. The lowest BCUT2D eigenvalue weighted by molar-refractivity contribution is -0.122. The summed E-state index contributed by atoms with van der Waals surface area (Å²) in [5.41, 5.74) is 0.782. The molecule has 0 atom stereocenters. The highest BCUT2D eigenvalue weighted by atomic mass is 35.5. The fourth-order valence-corrected chi connectivity index (χ4v) is 3.37. The lowest BCUT2D eigenvalue weighted by Gasteiger charge is -2.29. The van der Waals surface area contributed by atoms with Crippen molar-refractivity contribution < 1.29 is 23.8 Å². The highest BCUT2D eigenvalue weighted by Gasteiger charge is 2.35. The number of rotatable bonds is 5. The van der Waals surface area contributed by atoms with Gasteiger partial charge in [0.2, 0.25) is 5.75 Å². The van der Waals surface area contributed by atoms with Crippen LogP contribution in [-0.2, 0) is 9.59 Å². The molecule has 29 heavy (non-hydrogen) atoms. The second-order valence-electron chi connectivity index (χ2n) is 5.86. The van der Waals surface area contributed by atoms with Gasteiger partial charge in [0, 0.05) is 10.6 Å². The van der Waals surface area contributed by atoms with Gasteiger partial charge in [0.15, 0.2) is 16.6 Å². The Balaban J connectivity index is 2.10. The van der Waals surface area contributed by atoms with Crippen LogP contribution >= 0.6 is 23.8 Å². The molecule has 0 bridgehead atoms. The van der Waals surface area contributed by atoms with Gasteiger partial charge in [-0.2, -0.15) is 0 Å². The van der Waals surface area contributed by atoms with E-state index >= 15 is 0 Å². The minimum Gasteiger partial charge on any atom is -0.493 e. The van der Waals surface area contributed by atoms with Crippen molar-refractivity contribution in [2.45, 2.75) is 0 Å². The van der Waals surface area contributed by atoms with Crippen molar-refractivity contribution in [1.82, 2.24) is 5.32 Å². The molecule has 0 saturated carbocycles. The molecule has 0 unspecified atom stereocenters. The molecule has 0 spiro atoms. The van der Waals surface area contributed by atoms with Gasteiger partial charge >= 0.3 is 0 Å². The van der Waals surface area contributed by atoms with Crippen LogP contribution < -0.4 is 24.4 Å². The van der Waals surface area contributed by atoms with Gasteiger partial charge in [0.05, 0.1) is 27.0 Å². The van der Waals surface area contributed by atoms with Gasteiger partial charge < -0.3 is 14.2 Å². The third kappa shape index (κ3) is 3.90. The zero-order valence-electron chi connectivity index (χ0n) is 15.8. The van der Waals surface area contributed by atoms with Gasteiger partial charge in [-0.15, -0.1) is 0 Å². The van der Waals surface area contributed by atoms with Crippen molar-refractivity contribution >= 4 is 52.5 Å². The summed E-state index contributed by atoms with van der Waals surface area (Å²) >= 11 is 11.2. The maximum absolute atomic E-state index is 13.1. The van der Waals surface area contributed by atoms with Crippen molar-refractivity contribution in [1.29, 1.82) is 0 Å².